The predicted octanol–water partition coefficient (Wildman–Crippen LogP) is 4.20. The Morgan fingerprint density at radius 2 is 1.63 bits per heavy atom. The highest BCUT2D eigenvalue weighted by Crippen LogP contribution is 2.38. The zero-order valence-corrected chi connectivity index (χ0v) is 12.4. The zero-order chi connectivity index (χ0) is 13.9. The van der Waals surface area contributed by atoms with E-state index in [1.54, 1.807) is 0 Å². The molecule has 0 bridgehead atoms. The van der Waals surface area contributed by atoms with Crippen molar-refractivity contribution in [2.75, 3.05) is 5.32 Å². The first-order chi connectivity index (χ1) is 8.99. The summed E-state index contributed by atoms with van der Waals surface area (Å²) in [6.07, 6.45) is 5.19. The van der Waals surface area contributed by atoms with Crippen molar-refractivity contribution in [2.45, 2.75) is 59.1 Å². The second kappa shape index (κ2) is 5.96. The topological polar surface area (TPSA) is 32.3 Å². The van der Waals surface area contributed by atoms with Crippen molar-refractivity contribution in [3.05, 3.63) is 29.8 Å². The van der Waals surface area contributed by atoms with Gasteiger partial charge in [0.2, 0.25) is 0 Å². The van der Waals surface area contributed by atoms with Gasteiger partial charge in [-0.3, -0.25) is 0 Å². The fourth-order valence-electron chi connectivity index (χ4n) is 3.05. The lowest BCUT2D eigenvalue weighted by Crippen LogP contribution is -2.31. The molecule has 0 atom stereocenters. The minimum Gasteiger partial charge on any atom is -0.392 e. The molecule has 2 N–H and O–H groups in total. The Labute approximate surface area is 117 Å². The summed E-state index contributed by atoms with van der Waals surface area (Å²) in [6, 6.07) is 8.73. The summed E-state index contributed by atoms with van der Waals surface area (Å²) >= 11 is 0. The number of rotatable bonds is 3. The highest BCUT2D eigenvalue weighted by Gasteiger charge is 2.29. The van der Waals surface area contributed by atoms with Gasteiger partial charge in [-0.25, -0.2) is 0 Å². The van der Waals surface area contributed by atoms with E-state index in [0.717, 1.165) is 11.5 Å². The van der Waals surface area contributed by atoms with E-state index in [2.05, 4.69) is 38.2 Å². The average Bonchev–Trinajstić information content (AvgIpc) is 2.39. The van der Waals surface area contributed by atoms with E-state index >= 15 is 0 Å². The van der Waals surface area contributed by atoms with Gasteiger partial charge in [-0.15, -0.1) is 0 Å². The van der Waals surface area contributed by atoms with Crippen LogP contribution >= 0.6 is 0 Å². The number of nitrogens with one attached hydrogen (secondary N) is 1. The molecule has 0 heterocycles. The zero-order valence-electron chi connectivity index (χ0n) is 12.4. The van der Waals surface area contributed by atoms with Crippen LogP contribution in [0, 0.1) is 11.3 Å². The Bertz CT molecular complexity index is 383. The van der Waals surface area contributed by atoms with Crippen molar-refractivity contribution in [3.8, 4) is 0 Å². The molecule has 1 aliphatic rings. The number of aliphatic hydroxyl groups excluding tert-OH is 1. The van der Waals surface area contributed by atoms with Gasteiger partial charge in [0.1, 0.15) is 0 Å². The van der Waals surface area contributed by atoms with Crippen LogP contribution in [-0.4, -0.2) is 11.1 Å². The van der Waals surface area contributed by atoms with Gasteiger partial charge in [-0.05, 0) is 54.7 Å². The van der Waals surface area contributed by atoms with Gasteiger partial charge in [-0.1, -0.05) is 32.9 Å². The lowest BCUT2D eigenvalue weighted by atomic mass is 9.71. The van der Waals surface area contributed by atoms with Crippen LogP contribution < -0.4 is 5.32 Å². The number of anilines is 1. The Morgan fingerprint density at radius 1 is 1.05 bits per heavy atom. The monoisotopic (exact) mass is 261 g/mol. The molecule has 1 aromatic rings. The number of hydrogen-bond donors (Lipinski definition) is 2. The van der Waals surface area contributed by atoms with Gasteiger partial charge in [-0.2, -0.15) is 0 Å². The van der Waals surface area contributed by atoms with Crippen LogP contribution in [0.4, 0.5) is 5.69 Å². The van der Waals surface area contributed by atoms with E-state index < -0.39 is 0 Å². The molecule has 0 spiro atoms. The fourth-order valence-corrected chi connectivity index (χ4v) is 3.05. The van der Waals surface area contributed by atoms with Crippen molar-refractivity contribution < 1.29 is 5.11 Å². The van der Waals surface area contributed by atoms with Gasteiger partial charge in [0.05, 0.1) is 6.61 Å². The van der Waals surface area contributed by atoms with Gasteiger partial charge >= 0.3 is 0 Å². The summed E-state index contributed by atoms with van der Waals surface area (Å²) in [4.78, 5) is 0. The van der Waals surface area contributed by atoms with Crippen LogP contribution in [0.5, 0.6) is 0 Å². The fraction of sp³-hybridized carbons (Fsp3) is 0.647. The Morgan fingerprint density at radius 3 is 2.11 bits per heavy atom. The normalized spacial score (nSPS) is 24.2. The molecule has 0 radical (unpaired) electrons. The first-order valence-corrected chi connectivity index (χ1v) is 7.45. The third-order valence-electron chi connectivity index (χ3n) is 4.46. The Kier molecular flexibility index (Phi) is 4.51. The molecule has 2 heteroatoms. The predicted molar refractivity (Wildman–Crippen MR) is 81.2 cm³/mol. The first kappa shape index (κ1) is 14.4. The van der Waals surface area contributed by atoms with Gasteiger partial charge in [0.15, 0.2) is 0 Å². The maximum absolute atomic E-state index is 9.03. The summed E-state index contributed by atoms with van der Waals surface area (Å²) in [5.74, 6) is 0.863. The first-order valence-electron chi connectivity index (χ1n) is 7.45. The van der Waals surface area contributed by atoms with Crippen molar-refractivity contribution in [3.63, 3.8) is 0 Å². The van der Waals surface area contributed by atoms with Gasteiger partial charge in [0, 0.05) is 11.7 Å². The second-order valence-corrected chi connectivity index (χ2v) is 6.91. The summed E-state index contributed by atoms with van der Waals surface area (Å²) in [5.41, 5.74) is 2.60. The van der Waals surface area contributed by atoms with E-state index in [1.807, 2.05) is 12.1 Å². The summed E-state index contributed by atoms with van der Waals surface area (Å²) in [7, 11) is 0. The van der Waals surface area contributed by atoms with Gasteiger partial charge in [0.25, 0.3) is 0 Å². The smallest absolute Gasteiger partial charge is 0.0681 e. The molecule has 0 aromatic heterocycles. The third kappa shape index (κ3) is 3.97. The maximum atomic E-state index is 9.03. The van der Waals surface area contributed by atoms with Crippen LogP contribution in [0.15, 0.2) is 24.3 Å². The van der Waals surface area contributed by atoms with Crippen molar-refractivity contribution in [2.24, 2.45) is 11.3 Å². The lowest BCUT2D eigenvalue weighted by Gasteiger charge is -2.37. The minimum atomic E-state index is 0.122. The second-order valence-electron chi connectivity index (χ2n) is 6.91. The van der Waals surface area contributed by atoms with E-state index in [4.69, 9.17) is 5.11 Å². The van der Waals surface area contributed by atoms with Crippen LogP contribution in [0.1, 0.15) is 52.0 Å². The number of hydrogen-bond acceptors (Lipinski definition) is 2. The standard InChI is InChI=1S/C17H27NO/c1-17(2,3)14-6-10-16(11-7-14)18-15-8-4-13(12-19)5-9-15/h4-5,8-9,14,16,18-19H,6-7,10-12H2,1-3H3. The van der Waals surface area contributed by atoms with E-state index in [-0.39, 0.29) is 6.61 Å². The molecule has 0 saturated heterocycles. The molecule has 19 heavy (non-hydrogen) atoms. The molecular formula is C17H27NO. The molecule has 2 nitrogen and oxygen atoms in total. The van der Waals surface area contributed by atoms with E-state index in [1.165, 1.54) is 31.4 Å². The molecule has 1 aromatic carbocycles. The average molecular weight is 261 g/mol. The molecular weight excluding hydrogens is 234 g/mol. The molecule has 106 valence electrons. The summed E-state index contributed by atoms with van der Waals surface area (Å²) in [6.45, 7) is 7.20. The summed E-state index contributed by atoms with van der Waals surface area (Å²) in [5, 5.41) is 12.7. The highest BCUT2D eigenvalue weighted by molar-refractivity contribution is 5.45. The maximum Gasteiger partial charge on any atom is 0.0681 e. The molecule has 1 aliphatic carbocycles. The van der Waals surface area contributed by atoms with E-state index in [9.17, 15) is 0 Å². The molecule has 1 saturated carbocycles. The van der Waals surface area contributed by atoms with Crippen molar-refractivity contribution in [1.29, 1.82) is 0 Å². The van der Waals surface area contributed by atoms with Crippen molar-refractivity contribution in [1.82, 2.24) is 0 Å². The molecule has 0 unspecified atom stereocenters. The molecule has 0 amide bonds. The number of benzene rings is 1. The highest BCUT2D eigenvalue weighted by atomic mass is 16.3. The third-order valence-corrected chi connectivity index (χ3v) is 4.46. The van der Waals surface area contributed by atoms with Crippen molar-refractivity contribution >= 4 is 5.69 Å². The van der Waals surface area contributed by atoms with Crippen LogP contribution in [-0.2, 0) is 6.61 Å². The molecule has 2 rings (SSSR count). The largest absolute Gasteiger partial charge is 0.392 e. The Hall–Kier alpha value is -1.02. The SMILES string of the molecule is CC(C)(C)C1CCC(Nc2ccc(CO)cc2)CC1. The van der Waals surface area contributed by atoms with Crippen LogP contribution in [0.3, 0.4) is 0 Å². The quantitative estimate of drug-likeness (QED) is 0.855. The molecule has 1 fully saturated rings. The van der Waals surface area contributed by atoms with E-state index in [0.29, 0.717) is 11.5 Å². The molecule has 0 aliphatic heterocycles. The minimum absolute atomic E-state index is 0.122. The summed E-state index contributed by atoms with van der Waals surface area (Å²) < 4.78 is 0. The number of aliphatic hydroxyl groups is 1. The Balaban J connectivity index is 1.85. The van der Waals surface area contributed by atoms with Crippen LogP contribution in [0.2, 0.25) is 0 Å². The van der Waals surface area contributed by atoms with Crippen LogP contribution in [0.25, 0.3) is 0 Å². The lowest BCUT2D eigenvalue weighted by molar-refractivity contribution is 0.173. The van der Waals surface area contributed by atoms with Gasteiger partial charge < -0.3 is 10.4 Å².